The zero-order valence-corrected chi connectivity index (χ0v) is 24.7. The van der Waals surface area contributed by atoms with E-state index >= 15 is 0 Å². The normalized spacial score (nSPS) is 15.5. The van der Waals surface area contributed by atoms with E-state index < -0.39 is 28.0 Å². The van der Waals surface area contributed by atoms with Crippen LogP contribution in [0.15, 0.2) is 114 Å². The van der Waals surface area contributed by atoms with Gasteiger partial charge in [-0.25, -0.2) is 13.2 Å². The molecule has 4 aromatic carbocycles. The summed E-state index contributed by atoms with van der Waals surface area (Å²) < 4.78 is 34.4. The van der Waals surface area contributed by atoms with Gasteiger partial charge in [0.25, 0.3) is 0 Å². The Morgan fingerprint density at radius 1 is 0.814 bits per heavy atom. The van der Waals surface area contributed by atoms with Crippen LogP contribution in [-0.4, -0.2) is 61.8 Å². The lowest BCUT2D eigenvalue weighted by Gasteiger charge is -2.39. The molecule has 0 saturated carbocycles. The lowest BCUT2D eigenvalue weighted by atomic mass is 10.1. The van der Waals surface area contributed by atoms with E-state index in [4.69, 9.17) is 4.74 Å². The second-order valence-electron chi connectivity index (χ2n) is 10.1. The second kappa shape index (κ2) is 13.5. The zero-order chi connectivity index (χ0) is 30.2. The molecule has 43 heavy (non-hydrogen) atoms. The number of ether oxygens (including phenoxy) is 1. The first-order valence-electron chi connectivity index (χ1n) is 14.1. The van der Waals surface area contributed by atoms with Gasteiger partial charge in [-0.15, -0.1) is 0 Å². The topological polar surface area (TPSA) is 108 Å². The van der Waals surface area contributed by atoms with Crippen molar-refractivity contribution < 1.29 is 22.7 Å². The molecule has 222 valence electrons. The van der Waals surface area contributed by atoms with Gasteiger partial charge in [-0.3, -0.25) is 4.79 Å². The summed E-state index contributed by atoms with van der Waals surface area (Å²) in [5.41, 5.74) is 3.29. The van der Waals surface area contributed by atoms with Crippen LogP contribution >= 0.6 is 0 Å². The largest absolute Gasteiger partial charge is 0.494 e. The Bertz CT molecular complexity index is 1630. The van der Waals surface area contributed by atoms with Crippen molar-refractivity contribution in [3.8, 4) is 16.9 Å². The Kier molecular flexibility index (Phi) is 9.38. The highest BCUT2D eigenvalue weighted by Gasteiger charge is 2.41. The van der Waals surface area contributed by atoms with Crippen LogP contribution in [0.3, 0.4) is 0 Å². The number of carbonyl (C=O) groups excluding carboxylic acids is 2. The third kappa shape index (κ3) is 7.22. The number of hydrogen-bond donors (Lipinski definition) is 2. The van der Waals surface area contributed by atoms with E-state index in [9.17, 15) is 18.0 Å². The molecule has 2 N–H and O–H groups in total. The van der Waals surface area contributed by atoms with E-state index in [0.29, 0.717) is 18.0 Å². The van der Waals surface area contributed by atoms with Gasteiger partial charge in [-0.05, 0) is 60.0 Å². The van der Waals surface area contributed by atoms with E-state index in [0.717, 1.165) is 16.7 Å². The van der Waals surface area contributed by atoms with Crippen LogP contribution in [0.5, 0.6) is 5.75 Å². The van der Waals surface area contributed by atoms with Crippen molar-refractivity contribution in [3.05, 3.63) is 115 Å². The molecule has 9 nitrogen and oxygen atoms in total. The Balaban J connectivity index is 1.35. The molecule has 0 aromatic heterocycles. The lowest BCUT2D eigenvalue weighted by molar-refractivity contribution is -0.126. The predicted molar refractivity (Wildman–Crippen MR) is 166 cm³/mol. The average molecular weight is 599 g/mol. The van der Waals surface area contributed by atoms with Gasteiger partial charge in [0.05, 0.1) is 11.5 Å². The van der Waals surface area contributed by atoms with Gasteiger partial charge >= 0.3 is 6.03 Å². The summed E-state index contributed by atoms with van der Waals surface area (Å²) in [4.78, 5) is 28.3. The fraction of sp³-hybridized carbons (Fsp3) is 0.212. The van der Waals surface area contributed by atoms with Crippen molar-refractivity contribution in [2.24, 2.45) is 0 Å². The van der Waals surface area contributed by atoms with Gasteiger partial charge in [0, 0.05) is 31.9 Å². The maximum atomic E-state index is 13.9. The van der Waals surface area contributed by atoms with Gasteiger partial charge in [0.15, 0.2) is 0 Å². The van der Waals surface area contributed by atoms with E-state index in [-0.39, 0.29) is 31.1 Å². The molecule has 1 unspecified atom stereocenters. The Morgan fingerprint density at radius 2 is 1.44 bits per heavy atom. The van der Waals surface area contributed by atoms with Gasteiger partial charge in [0.2, 0.25) is 15.9 Å². The maximum absolute atomic E-state index is 13.9. The molecule has 1 aliphatic rings. The van der Waals surface area contributed by atoms with E-state index in [1.807, 2.05) is 67.6 Å². The van der Waals surface area contributed by atoms with Crippen molar-refractivity contribution in [1.29, 1.82) is 0 Å². The van der Waals surface area contributed by atoms with E-state index in [1.54, 1.807) is 48.5 Å². The molecular weight excluding hydrogens is 564 g/mol. The summed E-state index contributed by atoms with van der Waals surface area (Å²) in [6.45, 7) is 2.63. The van der Waals surface area contributed by atoms with Crippen LogP contribution in [0.4, 0.5) is 10.5 Å². The SMILES string of the molecule is CCOc1ccc(NC(=O)N2CCN(S(=O)(=O)c3ccc(-c4ccccc4)cc3)C(C(=O)NCc3ccccc3)C2)cc1. The summed E-state index contributed by atoms with van der Waals surface area (Å²) in [5.74, 6) is 0.207. The first-order valence-corrected chi connectivity index (χ1v) is 15.6. The van der Waals surface area contributed by atoms with E-state index in [1.165, 1.54) is 9.21 Å². The molecule has 1 heterocycles. The standard InChI is InChI=1S/C33H34N4O5S/c1-2-42-29-17-15-28(16-18-29)35-33(39)36-21-22-37(31(24-36)32(38)34-23-25-9-5-3-6-10-25)43(40,41)30-19-13-27(14-20-30)26-11-7-4-8-12-26/h3-20,31H,2,21-24H2,1H3,(H,34,38)(H,35,39). The molecule has 4 aromatic rings. The number of piperazine rings is 1. The molecular formula is C33H34N4O5S. The van der Waals surface area contributed by atoms with Crippen LogP contribution in [0, 0.1) is 0 Å². The molecule has 0 radical (unpaired) electrons. The minimum atomic E-state index is -4.06. The number of nitrogens with one attached hydrogen (secondary N) is 2. The molecule has 1 saturated heterocycles. The highest BCUT2D eigenvalue weighted by Crippen LogP contribution is 2.26. The highest BCUT2D eigenvalue weighted by atomic mass is 32.2. The number of carbonyl (C=O) groups is 2. The smallest absolute Gasteiger partial charge is 0.321 e. The molecule has 5 rings (SSSR count). The molecule has 1 aliphatic heterocycles. The zero-order valence-electron chi connectivity index (χ0n) is 23.8. The monoisotopic (exact) mass is 598 g/mol. The van der Waals surface area contributed by atoms with Gasteiger partial charge in [0.1, 0.15) is 11.8 Å². The number of urea groups is 1. The minimum Gasteiger partial charge on any atom is -0.494 e. The number of sulfonamides is 1. The van der Waals surface area contributed by atoms with Crippen LogP contribution < -0.4 is 15.4 Å². The fourth-order valence-corrected chi connectivity index (χ4v) is 6.51. The number of nitrogens with zero attached hydrogens (tertiary/aromatic N) is 2. The van der Waals surface area contributed by atoms with Crippen LogP contribution in [-0.2, 0) is 21.4 Å². The molecule has 0 bridgehead atoms. The number of rotatable bonds is 9. The Labute approximate surface area is 252 Å². The first-order chi connectivity index (χ1) is 20.8. The second-order valence-corrected chi connectivity index (χ2v) is 11.9. The summed E-state index contributed by atoms with van der Waals surface area (Å²) >= 11 is 0. The van der Waals surface area contributed by atoms with Crippen LogP contribution in [0.1, 0.15) is 12.5 Å². The van der Waals surface area contributed by atoms with Crippen molar-refractivity contribution in [3.63, 3.8) is 0 Å². The number of amides is 3. The van der Waals surface area contributed by atoms with Gasteiger partial charge < -0.3 is 20.3 Å². The Morgan fingerprint density at radius 3 is 2.09 bits per heavy atom. The summed E-state index contributed by atoms with van der Waals surface area (Å²) in [5, 5.41) is 5.70. The quantitative estimate of drug-likeness (QED) is 0.283. The number of hydrogen-bond acceptors (Lipinski definition) is 5. The maximum Gasteiger partial charge on any atom is 0.321 e. The number of anilines is 1. The predicted octanol–water partition coefficient (Wildman–Crippen LogP) is 4.98. The number of benzene rings is 4. The summed E-state index contributed by atoms with van der Waals surface area (Å²) in [7, 11) is -4.06. The van der Waals surface area contributed by atoms with Crippen LogP contribution in [0.2, 0.25) is 0 Å². The third-order valence-corrected chi connectivity index (χ3v) is 9.14. The molecule has 0 spiro atoms. The van der Waals surface area contributed by atoms with Crippen molar-refractivity contribution in [2.45, 2.75) is 24.4 Å². The van der Waals surface area contributed by atoms with Gasteiger partial charge in [-0.2, -0.15) is 4.31 Å². The molecule has 3 amide bonds. The molecule has 10 heteroatoms. The van der Waals surface area contributed by atoms with Crippen molar-refractivity contribution in [2.75, 3.05) is 31.6 Å². The first kappa shape index (κ1) is 29.8. The molecule has 1 atom stereocenters. The lowest BCUT2D eigenvalue weighted by Crippen LogP contribution is -2.61. The minimum absolute atomic E-state index is 0.0388. The van der Waals surface area contributed by atoms with Crippen molar-refractivity contribution >= 4 is 27.6 Å². The highest BCUT2D eigenvalue weighted by molar-refractivity contribution is 7.89. The summed E-state index contributed by atoms with van der Waals surface area (Å²) in [6.07, 6.45) is 0. The molecule has 1 fully saturated rings. The third-order valence-electron chi connectivity index (χ3n) is 7.22. The fourth-order valence-electron chi connectivity index (χ4n) is 4.94. The average Bonchev–Trinajstić information content (AvgIpc) is 3.05. The van der Waals surface area contributed by atoms with Crippen molar-refractivity contribution in [1.82, 2.24) is 14.5 Å². The van der Waals surface area contributed by atoms with Crippen LogP contribution in [0.25, 0.3) is 11.1 Å². The van der Waals surface area contributed by atoms with Gasteiger partial charge in [-0.1, -0.05) is 72.8 Å². The summed E-state index contributed by atoms with van der Waals surface area (Å²) in [6, 6.07) is 31.1. The Hall–Kier alpha value is -4.67. The van der Waals surface area contributed by atoms with E-state index in [2.05, 4.69) is 10.6 Å². The molecule has 0 aliphatic carbocycles.